The quantitative estimate of drug-likeness (QED) is 0.495. The Hall–Kier alpha value is -1.58. The number of nitrogens with zero attached hydrogens (tertiary/aromatic N) is 1. The fourth-order valence-electron chi connectivity index (χ4n) is 0.673. The fourth-order valence-corrected chi connectivity index (χ4v) is 0.673. The van der Waals surface area contributed by atoms with Gasteiger partial charge in [0.15, 0.2) is 0 Å². The van der Waals surface area contributed by atoms with Crippen LogP contribution in [0, 0.1) is 0 Å². The van der Waals surface area contributed by atoms with Crippen molar-refractivity contribution in [2.24, 2.45) is 0 Å². The van der Waals surface area contributed by atoms with Crippen LogP contribution >= 0.6 is 0 Å². The largest absolute Gasteiger partial charge is 0.477 e. The summed E-state index contributed by atoms with van der Waals surface area (Å²) < 4.78 is 0. The van der Waals surface area contributed by atoms with E-state index in [-0.39, 0.29) is 18.1 Å². The molecule has 0 saturated carbocycles. The monoisotopic (exact) mass is 169 g/mol. The summed E-state index contributed by atoms with van der Waals surface area (Å²) in [5.74, 6) is -1.56. The highest BCUT2D eigenvalue weighted by Crippen LogP contribution is 2.01. The van der Waals surface area contributed by atoms with Crippen molar-refractivity contribution in [1.82, 2.24) is 4.90 Å². The lowest BCUT2D eigenvalue weighted by Crippen LogP contribution is -2.31. The summed E-state index contributed by atoms with van der Waals surface area (Å²) in [6.07, 6.45) is 1.44. The molecule has 0 saturated heterocycles. The standard InChI is InChI=1S/C8H11NO3/c1-4-5-9(7(3)10)6(2)8(11)12/h4H,1-2,5H2,3H3,(H,11,12). The van der Waals surface area contributed by atoms with Gasteiger partial charge < -0.3 is 10.0 Å². The van der Waals surface area contributed by atoms with Crippen LogP contribution in [0.4, 0.5) is 0 Å². The summed E-state index contributed by atoms with van der Waals surface area (Å²) in [7, 11) is 0. The molecular formula is C8H11NO3. The van der Waals surface area contributed by atoms with Gasteiger partial charge in [-0.25, -0.2) is 4.79 Å². The maximum Gasteiger partial charge on any atom is 0.351 e. The molecule has 4 heteroatoms. The van der Waals surface area contributed by atoms with Gasteiger partial charge in [-0.2, -0.15) is 0 Å². The lowest BCUT2D eigenvalue weighted by Gasteiger charge is -2.17. The first-order chi connectivity index (χ1) is 5.50. The zero-order valence-corrected chi connectivity index (χ0v) is 6.91. The average Bonchev–Trinajstić information content (AvgIpc) is 1.98. The summed E-state index contributed by atoms with van der Waals surface area (Å²) >= 11 is 0. The van der Waals surface area contributed by atoms with Crippen molar-refractivity contribution in [2.75, 3.05) is 6.54 Å². The lowest BCUT2D eigenvalue weighted by atomic mass is 10.4. The second kappa shape index (κ2) is 4.33. The van der Waals surface area contributed by atoms with Gasteiger partial charge in [0.1, 0.15) is 5.70 Å². The highest BCUT2D eigenvalue weighted by Gasteiger charge is 2.15. The summed E-state index contributed by atoms with van der Waals surface area (Å²) in [6.45, 7) is 8.09. The van der Waals surface area contributed by atoms with Gasteiger partial charge in [-0.1, -0.05) is 12.7 Å². The number of aliphatic carboxylic acids is 1. The lowest BCUT2D eigenvalue weighted by molar-refractivity contribution is -0.138. The van der Waals surface area contributed by atoms with Crippen LogP contribution in [0.5, 0.6) is 0 Å². The van der Waals surface area contributed by atoms with Crippen molar-refractivity contribution in [3.05, 3.63) is 24.9 Å². The molecule has 66 valence electrons. The van der Waals surface area contributed by atoms with Crippen LogP contribution in [0.3, 0.4) is 0 Å². The molecule has 0 aromatic rings. The summed E-state index contributed by atoms with van der Waals surface area (Å²) in [5.41, 5.74) is -0.234. The van der Waals surface area contributed by atoms with Gasteiger partial charge in [-0.05, 0) is 0 Å². The van der Waals surface area contributed by atoms with E-state index >= 15 is 0 Å². The molecule has 4 nitrogen and oxygen atoms in total. The van der Waals surface area contributed by atoms with E-state index in [0.29, 0.717) is 0 Å². The number of carbonyl (C=O) groups is 2. The molecule has 0 aliphatic heterocycles. The van der Waals surface area contributed by atoms with Gasteiger partial charge in [-0.15, -0.1) is 6.58 Å². The Morgan fingerprint density at radius 1 is 1.58 bits per heavy atom. The van der Waals surface area contributed by atoms with E-state index in [2.05, 4.69) is 13.2 Å². The van der Waals surface area contributed by atoms with Crippen molar-refractivity contribution in [3.8, 4) is 0 Å². The van der Waals surface area contributed by atoms with Crippen LogP contribution in [0.25, 0.3) is 0 Å². The molecule has 0 aliphatic rings. The van der Waals surface area contributed by atoms with Crippen LogP contribution in [0.15, 0.2) is 24.9 Å². The second-order valence-corrected chi connectivity index (χ2v) is 2.17. The minimum Gasteiger partial charge on any atom is -0.477 e. The zero-order valence-electron chi connectivity index (χ0n) is 6.91. The van der Waals surface area contributed by atoms with Crippen molar-refractivity contribution < 1.29 is 14.7 Å². The molecule has 0 atom stereocenters. The highest BCUT2D eigenvalue weighted by atomic mass is 16.4. The molecule has 0 rings (SSSR count). The van der Waals surface area contributed by atoms with E-state index in [9.17, 15) is 9.59 Å². The van der Waals surface area contributed by atoms with Crippen molar-refractivity contribution in [1.29, 1.82) is 0 Å². The smallest absolute Gasteiger partial charge is 0.351 e. The van der Waals surface area contributed by atoms with Crippen LogP contribution in [-0.4, -0.2) is 28.4 Å². The van der Waals surface area contributed by atoms with E-state index in [1.165, 1.54) is 13.0 Å². The first-order valence-electron chi connectivity index (χ1n) is 3.32. The van der Waals surface area contributed by atoms with Crippen molar-refractivity contribution >= 4 is 11.9 Å². The predicted octanol–water partition coefficient (Wildman–Crippen LogP) is 0.619. The zero-order chi connectivity index (χ0) is 9.72. The molecule has 0 aromatic carbocycles. The molecule has 0 bridgehead atoms. The SMILES string of the molecule is C=CCN(C(=C)C(=O)O)C(C)=O. The van der Waals surface area contributed by atoms with E-state index < -0.39 is 5.97 Å². The minimum atomic E-state index is -1.20. The highest BCUT2D eigenvalue weighted by molar-refractivity contribution is 5.91. The molecule has 1 N–H and O–H groups in total. The first kappa shape index (κ1) is 10.4. The Bertz CT molecular complexity index is 232. The third kappa shape index (κ3) is 2.57. The molecule has 1 amide bonds. The van der Waals surface area contributed by atoms with Crippen LogP contribution in [0.2, 0.25) is 0 Å². The van der Waals surface area contributed by atoms with Gasteiger partial charge in [-0.3, -0.25) is 4.79 Å². The maximum atomic E-state index is 10.8. The van der Waals surface area contributed by atoms with Gasteiger partial charge in [0.05, 0.1) is 0 Å². The third-order valence-electron chi connectivity index (χ3n) is 1.26. The number of rotatable bonds is 4. The van der Waals surface area contributed by atoms with Crippen LogP contribution in [0.1, 0.15) is 6.92 Å². The molecule has 0 unspecified atom stereocenters. The Morgan fingerprint density at radius 3 is 2.33 bits per heavy atom. The number of hydrogen-bond acceptors (Lipinski definition) is 2. The summed E-state index contributed by atoms with van der Waals surface area (Å²) in [5, 5.41) is 8.50. The maximum absolute atomic E-state index is 10.8. The molecule has 0 fully saturated rings. The summed E-state index contributed by atoms with van der Waals surface area (Å²) in [4.78, 5) is 22.3. The third-order valence-corrected chi connectivity index (χ3v) is 1.26. The van der Waals surface area contributed by atoms with Crippen LogP contribution in [-0.2, 0) is 9.59 Å². The Kier molecular flexibility index (Phi) is 3.76. The molecule has 0 radical (unpaired) electrons. The number of carboxylic acids is 1. The topological polar surface area (TPSA) is 57.6 Å². The second-order valence-electron chi connectivity index (χ2n) is 2.17. The Labute approximate surface area is 70.8 Å². The van der Waals surface area contributed by atoms with E-state index in [4.69, 9.17) is 5.11 Å². The molecule has 0 aromatic heterocycles. The number of carboxylic acid groups (broad SMARTS) is 1. The Morgan fingerprint density at radius 2 is 2.08 bits per heavy atom. The minimum absolute atomic E-state index is 0.167. The Balaban J connectivity index is 4.50. The number of hydrogen-bond donors (Lipinski definition) is 1. The molecule has 0 aliphatic carbocycles. The molecular weight excluding hydrogens is 158 g/mol. The van der Waals surface area contributed by atoms with Gasteiger partial charge >= 0.3 is 5.97 Å². The van der Waals surface area contributed by atoms with E-state index in [1.54, 1.807) is 0 Å². The summed E-state index contributed by atoms with van der Waals surface area (Å²) in [6, 6.07) is 0. The van der Waals surface area contributed by atoms with Crippen molar-refractivity contribution in [2.45, 2.75) is 6.92 Å². The molecule has 0 heterocycles. The normalized spacial score (nSPS) is 8.75. The number of amides is 1. The predicted molar refractivity (Wildman–Crippen MR) is 44.4 cm³/mol. The van der Waals surface area contributed by atoms with Gasteiger partial charge in [0.25, 0.3) is 0 Å². The number of carbonyl (C=O) groups excluding carboxylic acids is 1. The van der Waals surface area contributed by atoms with Gasteiger partial charge in [0.2, 0.25) is 5.91 Å². The van der Waals surface area contributed by atoms with E-state index in [1.807, 2.05) is 0 Å². The first-order valence-corrected chi connectivity index (χ1v) is 3.32. The average molecular weight is 169 g/mol. The van der Waals surface area contributed by atoms with Crippen molar-refractivity contribution in [3.63, 3.8) is 0 Å². The molecule has 0 spiro atoms. The molecule has 12 heavy (non-hydrogen) atoms. The fraction of sp³-hybridized carbons (Fsp3) is 0.250. The van der Waals surface area contributed by atoms with Crippen LogP contribution < -0.4 is 0 Å². The van der Waals surface area contributed by atoms with Gasteiger partial charge in [0, 0.05) is 13.5 Å². The van der Waals surface area contributed by atoms with E-state index in [0.717, 1.165) is 4.90 Å².